The summed E-state index contributed by atoms with van der Waals surface area (Å²) in [5.74, 6) is 0.634. The molecule has 1 aromatic rings. The molecule has 0 aliphatic heterocycles. The molecule has 1 heterocycles. The second-order valence-electron chi connectivity index (χ2n) is 2.34. The number of aromatic nitrogens is 1. The van der Waals surface area contributed by atoms with Gasteiger partial charge in [0.05, 0.1) is 5.69 Å². The predicted molar refractivity (Wildman–Crippen MR) is 48.3 cm³/mol. The number of carbonyl (C=O) groups excluding carboxylic acids is 1. The van der Waals surface area contributed by atoms with Gasteiger partial charge in [-0.2, -0.15) is 0 Å². The van der Waals surface area contributed by atoms with Crippen molar-refractivity contribution in [1.29, 1.82) is 0 Å². The predicted octanol–water partition coefficient (Wildman–Crippen LogP) is 0.716. The molecule has 1 rings (SSSR count). The van der Waals surface area contributed by atoms with Gasteiger partial charge < -0.3 is 10.2 Å². The van der Waals surface area contributed by atoms with E-state index in [1.165, 1.54) is 4.90 Å². The van der Waals surface area contributed by atoms with Gasteiger partial charge in [0.25, 0.3) is 0 Å². The number of carbonyl (C=O) groups is 1. The van der Waals surface area contributed by atoms with Crippen LogP contribution < -0.4 is 10.2 Å². The lowest BCUT2D eigenvalue weighted by atomic mass is 10.4. The van der Waals surface area contributed by atoms with Crippen LogP contribution in [0.1, 0.15) is 0 Å². The smallest absolute Gasteiger partial charge is 0.215 e. The first kappa shape index (κ1) is 8.52. The topological polar surface area (TPSA) is 45.2 Å². The highest BCUT2D eigenvalue weighted by Crippen LogP contribution is 2.18. The van der Waals surface area contributed by atoms with Crippen LogP contribution in [-0.2, 0) is 4.79 Å². The van der Waals surface area contributed by atoms with E-state index in [4.69, 9.17) is 0 Å². The first-order valence-corrected chi connectivity index (χ1v) is 3.60. The van der Waals surface area contributed by atoms with Gasteiger partial charge in [-0.05, 0) is 12.1 Å². The van der Waals surface area contributed by atoms with Crippen LogP contribution in [0.2, 0.25) is 0 Å². The third-order valence-corrected chi connectivity index (χ3v) is 1.55. The number of rotatable bonds is 3. The van der Waals surface area contributed by atoms with E-state index in [1.54, 1.807) is 20.3 Å². The summed E-state index contributed by atoms with van der Waals surface area (Å²) in [6.45, 7) is 0. The molecular formula is C8H11N3O. The molecule has 0 unspecified atom stereocenters. The maximum atomic E-state index is 10.4. The molecule has 0 spiro atoms. The summed E-state index contributed by atoms with van der Waals surface area (Å²) >= 11 is 0. The highest BCUT2D eigenvalue weighted by Gasteiger charge is 2.04. The van der Waals surface area contributed by atoms with E-state index in [1.807, 2.05) is 12.1 Å². The molecule has 4 heteroatoms. The molecular weight excluding hydrogens is 154 g/mol. The Morgan fingerprint density at radius 2 is 2.42 bits per heavy atom. The summed E-state index contributed by atoms with van der Waals surface area (Å²) in [4.78, 5) is 15.9. The van der Waals surface area contributed by atoms with Crippen molar-refractivity contribution in [3.8, 4) is 0 Å². The van der Waals surface area contributed by atoms with Crippen molar-refractivity contribution in [2.24, 2.45) is 0 Å². The minimum Gasteiger partial charge on any atom is -0.385 e. The average Bonchev–Trinajstić information content (AvgIpc) is 2.16. The third-order valence-electron chi connectivity index (χ3n) is 1.55. The number of nitrogens with zero attached hydrogens (tertiary/aromatic N) is 2. The molecule has 1 N–H and O–H groups in total. The number of hydrogen-bond donors (Lipinski definition) is 1. The van der Waals surface area contributed by atoms with Gasteiger partial charge in [-0.1, -0.05) is 0 Å². The molecule has 1 aromatic heterocycles. The highest BCUT2D eigenvalue weighted by molar-refractivity contribution is 5.79. The standard InChI is InChI=1S/C8H11N3O/c1-9-7-4-3-5-10-8(7)11(2)6-12/h3-6,9H,1-2H3. The summed E-state index contributed by atoms with van der Waals surface area (Å²) in [5.41, 5.74) is 0.840. The molecule has 0 saturated heterocycles. The maximum absolute atomic E-state index is 10.4. The Morgan fingerprint density at radius 3 is 3.00 bits per heavy atom. The maximum Gasteiger partial charge on any atom is 0.215 e. The fourth-order valence-corrected chi connectivity index (χ4v) is 0.923. The van der Waals surface area contributed by atoms with Gasteiger partial charge in [-0.15, -0.1) is 0 Å². The van der Waals surface area contributed by atoms with Crippen molar-refractivity contribution in [3.63, 3.8) is 0 Å². The van der Waals surface area contributed by atoms with Crippen molar-refractivity contribution in [2.45, 2.75) is 0 Å². The molecule has 0 aliphatic rings. The second kappa shape index (κ2) is 3.71. The van der Waals surface area contributed by atoms with Gasteiger partial charge in [0.2, 0.25) is 6.41 Å². The van der Waals surface area contributed by atoms with E-state index in [2.05, 4.69) is 10.3 Å². The Hall–Kier alpha value is -1.58. The number of nitrogens with one attached hydrogen (secondary N) is 1. The van der Waals surface area contributed by atoms with Crippen LogP contribution in [0.3, 0.4) is 0 Å². The Kier molecular flexibility index (Phi) is 2.63. The van der Waals surface area contributed by atoms with Crippen LogP contribution in [0.25, 0.3) is 0 Å². The number of anilines is 2. The van der Waals surface area contributed by atoms with Crippen molar-refractivity contribution >= 4 is 17.9 Å². The van der Waals surface area contributed by atoms with Crippen molar-refractivity contribution < 1.29 is 4.79 Å². The molecule has 0 atom stereocenters. The Labute approximate surface area is 71.2 Å². The summed E-state index contributed by atoms with van der Waals surface area (Å²) in [6.07, 6.45) is 2.37. The Morgan fingerprint density at radius 1 is 1.67 bits per heavy atom. The molecule has 0 aromatic carbocycles. The van der Waals surface area contributed by atoms with Gasteiger partial charge >= 0.3 is 0 Å². The molecule has 1 amide bonds. The molecule has 0 bridgehead atoms. The van der Waals surface area contributed by atoms with Crippen LogP contribution in [0.5, 0.6) is 0 Å². The quantitative estimate of drug-likeness (QED) is 0.671. The first-order valence-electron chi connectivity index (χ1n) is 3.60. The Bertz CT molecular complexity index is 275. The zero-order valence-corrected chi connectivity index (χ0v) is 7.11. The second-order valence-corrected chi connectivity index (χ2v) is 2.34. The molecule has 64 valence electrons. The summed E-state index contributed by atoms with van der Waals surface area (Å²) in [5, 5.41) is 2.95. The van der Waals surface area contributed by atoms with Gasteiger partial charge in [0.1, 0.15) is 0 Å². The van der Waals surface area contributed by atoms with Gasteiger partial charge in [-0.3, -0.25) is 4.79 Å². The monoisotopic (exact) mass is 165 g/mol. The van der Waals surface area contributed by atoms with E-state index in [0.29, 0.717) is 5.82 Å². The van der Waals surface area contributed by atoms with Crippen molar-refractivity contribution in [3.05, 3.63) is 18.3 Å². The van der Waals surface area contributed by atoms with E-state index < -0.39 is 0 Å². The van der Waals surface area contributed by atoms with Crippen LogP contribution >= 0.6 is 0 Å². The lowest BCUT2D eigenvalue weighted by Gasteiger charge is -2.13. The SMILES string of the molecule is CNc1cccnc1N(C)C=O. The van der Waals surface area contributed by atoms with Crippen molar-refractivity contribution in [1.82, 2.24) is 4.98 Å². The van der Waals surface area contributed by atoms with Gasteiger partial charge in [0.15, 0.2) is 5.82 Å². The Balaban J connectivity index is 3.04. The minimum atomic E-state index is 0.634. The lowest BCUT2D eigenvalue weighted by Crippen LogP contribution is -2.16. The fraction of sp³-hybridized carbons (Fsp3) is 0.250. The summed E-state index contributed by atoms with van der Waals surface area (Å²) in [7, 11) is 3.45. The normalized spacial score (nSPS) is 9.17. The summed E-state index contributed by atoms with van der Waals surface area (Å²) in [6, 6.07) is 3.68. The van der Waals surface area contributed by atoms with Crippen LogP contribution in [0, 0.1) is 0 Å². The van der Waals surface area contributed by atoms with E-state index in [9.17, 15) is 4.79 Å². The first-order chi connectivity index (χ1) is 5.79. The largest absolute Gasteiger partial charge is 0.385 e. The molecule has 0 saturated carbocycles. The van der Waals surface area contributed by atoms with Crippen LogP contribution in [0.15, 0.2) is 18.3 Å². The zero-order valence-electron chi connectivity index (χ0n) is 7.11. The van der Waals surface area contributed by atoms with Gasteiger partial charge in [0, 0.05) is 20.3 Å². The van der Waals surface area contributed by atoms with Crippen molar-refractivity contribution in [2.75, 3.05) is 24.3 Å². The van der Waals surface area contributed by atoms with Crippen LogP contribution in [0.4, 0.5) is 11.5 Å². The van der Waals surface area contributed by atoms with E-state index in [0.717, 1.165) is 12.1 Å². The number of amides is 1. The molecule has 12 heavy (non-hydrogen) atoms. The molecule has 0 aliphatic carbocycles. The molecule has 0 fully saturated rings. The zero-order chi connectivity index (χ0) is 8.97. The number of pyridine rings is 1. The van der Waals surface area contributed by atoms with Gasteiger partial charge in [-0.25, -0.2) is 4.98 Å². The molecule has 0 radical (unpaired) electrons. The fourth-order valence-electron chi connectivity index (χ4n) is 0.923. The average molecular weight is 165 g/mol. The third kappa shape index (κ3) is 1.53. The lowest BCUT2D eigenvalue weighted by molar-refractivity contribution is -0.107. The van der Waals surface area contributed by atoms with E-state index in [-0.39, 0.29) is 0 Å². The summed E-state index contributed by atoms with van der Waals surface area (Å²) < 4.78 is 0. The minimum absolute atomic E-state index is 0.634. The number of hydrogen-bond acceptors (Lipinski definition) is 3. The molecule has 4 nitrogen and oxygen atoms in total. The highest BCUT2D eigenvalue weighted by atomic mass is 16.1. The van der Waals surface area contributed by atoms with E-state index >= 15 is 0 Å². The van der Waals surface area contributed by atoms with Crippen LogP contribution in [-0.4, -0.2) is 25.5 Å².